The lowest BCUT2D eigenvalue weighted by atomic mass is 10.1. The molecule has 0 aliphatic heterocycles. The van der Waals surface area contributed by atoms with Gasteiger partial charge in [0.1, 0.15) is 18.1 Å². The summed E-state index contributed by atoms with van der Waals surface area (Å²) in [7, 11) is -2.60. The van der Waals surface area contributed by atoms with Crippen LogP contribution in [0.3, 0.4) is 0 Å². The van der Waals surface area contributed by atoms with Crippen molar-refractivity contribution in [3.8, 4) is 5.75 Å². The molecule has 1 N–H and O–H groups in total. The molecule has 0 spiro atoms. The highest BCUT2D eigenvalue weighted by Gasteiger charge is 2.27. The van der Waals surface area contributed by atoms with Crippen LogP contribution in [0, 0.1) is 5.82 Å². The summed E-state index contributed by atoms with van der Waals surface area (Å²) in [6.07, 6.45) is 1.42. The number of nitrogens with zero attached hydrogens (tertiary/aromatic N) is 1. The Kier molecular flexibility index (Phi) is 8.30. The van der Waals surface area contributed by atoms with Gasteiger partial charge in [-0.1, -0.05) is 23.7 Å². The Hall–Kier alpha value is -3.10. The van der Waals surface area contributed by atoms with E-state index >= 15 is 0 Å². The molecule has 0 saturated carbocycles. The number of amides is 1. The summed E-state index contributed by atoms with van der Waals surface area (Å²) < 4.78 is 46.0. The first-order valence-electron chi connectivity index (χ1n) is 10.2. The van der Waals surface area contributed by atoms with Gasteiger partial charge in [-0.05, 0) is 79.1 Å². The van der Waals surface area contributed by atoms with Gasteiger partial charge in [-0.25, -0.2) is 12.8 Å². The van der Waals surface area contributed by atoms with Crippen LogP contribution in [0.2, 0.25) is 5.02 Å². The molecule has 0 radical (unpaired) electrons. The van der Waals surface area contributed by atoms with Gasteiger partial charge < -0.3 is 10.1 Å². The quantitative estimate of drug-likeness (QED) is 0.426. The number of benzene rings is 3. The van der Waals surface area contributed by atoms with Crippen LogP contribution in [0.25, 0.3) is 0 Å². The first-order chi connectivity index (χ1) is 15.8. The van der Waals surface area contributed by atoms with Gasteiger partial charge in [-0.2, -0.15) is 0 Å². The Bertz CT molecular complexity index is 1170. The van der Waals surface area contributed by atoms with Gasteiger partial charge in [-0.3, -0.25) is 9.10 Å². The topological polar surface area (TPSA) is 75.7 Å². The lowest BCUT2D eigenvalue weighted by Crippen LogP contribution is -2.41. The molecule has 0 aliphatic carbocycles. The number of carbonyl (C=O) groups is 1. The number of hydrogen-bond acceptors (Lipinski definition) is 4. The maximum absolute atomic E-state index is 13.4. The predicted octanol–water partition coefficient (Wildman–Crippen LogP) is 4.43. The summed E-state index contributed by atoms with van der Waals surface area (Å²) >= 11 is 5.88. The van der Waals surface area contributed by atoms with Crippen LogP contribution in [0.15, 0.2) is 77.7 Å². The highest BCUT2D eigenvalue weighted by Crippen LogP contribution is 2.25. The second-order valence-corrected chi connectivity index (χ2v) is 9.54. The standard InChI is InChI=1S/C24H24ClFN2O4S/c1-32-22-12-14-23(15-13-22)33(30,31)28(21-10-8-20(26)9-11-21)17-24(29)27-16-2-3-18-4-6-19(25)7-5-18/h4-15H,2-3,16-17H2,1H3,(H,27,29). The van der Waals surface area contributed by atoms with Gasteiger partial charge in [0, 0.05) is 11.6 Å². The third-order valence-electron chi connectivity index (χ3n) is 4.93. The van der Waals surface area contributed by atoms with Crippen LogP contribution < -0.4 is 14.4 Å². The van der Waals surface area contributed by atoms with E-state index in [0.29, 0.717) is 23.7 Å². The molecule has 0 atom stereocenters. The van der Waals surface area contributed by atoms with Gasteiger partial charge in [0.2, 0.25) is 5.91 Å². The van der Waals surface area contributed by atoms with Crippen molar-refractivity contribution in [2.24, 2.45) is 0 Å². The molecule has 6 nitrogen and oxygen atoms in total. The summed E-state index contributed by atoms with van der Waals surface area (Å²) in [5, 5.41) is 3.41. The molecule has 1 amide bonds. The minimum atomic E-state index is -4.08. The minimum Gasteiger partial charge on any atom is -0.497 e. The van der Waals surface area contributed by atoms with E-state index < -0.39 is 28.3 Å². The number of aryl methyl sites for hydroxylation is 1. The van der Waals surface area contributed by atoms with Crippen LogP contribution >= 0.6 is 11.6 Å². The minimum absolute atomic E-state index is 0.0110. The van der Waals surface area contributed by atoms with E-state index in [2.05, 4.69) is 5.32 Å². The number of methoxy groups -OCH3 is 1. The molecule has 0 unspecified atom stereocenters. The second-order valence-electron chi connectivity index (χ2n) is 7.24. The Balaban J connectivity index is 1.70. The first kappa shape index (κ1) is 24.5. The molecule has 0 aromatic heterocycles. The number of nitrogens with one attached hydrogen (secondary N) is 1. The number of hydrogen-bond donors (Lipinski definition) is 1. The predicted molar refractivity (Wildman–Crippen MR) is 127 cm³/mol. The van der Waals surface area contributed by atoms with E-state index in [1.54, 1.807) is 12.1 Å². The van der Waals surface area contributed by atoms with Crippen molar-refractivity contribution in [1.82, 2.24) is 5.32 Å². The number of anilines is 1. The number of sulfonamides is 1. The number of carbonyl (C=O) groups excluding carboxylic acids is 1. The van der Waals surface area contributed by atoms with Crippen molar-refractivity contribution >= 4 is 33.2 Å². The SMILES string of the molecule is COc1ccc(S(=O)(=O)N(CC(=O)NCCCc2ccc(Cl)cc2)c2ccc(F)cc2)cc1. The van der Waals surface area contributed by atoms with Crippen molar-refractivity contribution in [2.75, 3.05) is 24.5 Å². The molecular weight excluding hydrogens is 467 g/mol. The zero-order valence-corrected chi connectivity index (χ0v) is 19.6. The molecule has 3 aromatic carbocycles. The van der Waals surface area contributed by atoms with E-state index in [-0.39, 0.29) is 10.6 Å². The van der Waals surface area contributed by atoms with E-state index in [1.807, 2.05) is 12.1 Å². The Morgan fingerprint density at radius 2 is 1.64 bits per heavy atom. The van der Waals surface area contributed by atoms with Gasteiger partial charge in [0.05, 0.1) is 17.7 Å². The van der Waals surface area contributed by atoms with E-state index in [0.717, 1.165) is 28.4 Å². The second kappa shape index (κ2) is 11.2. The molecule has 9 heteroatoms. The molecule has 33 heavy (non-hydrogen) atoms. The van der Waals surface area contributed by atoms with Crippen molar-refractivity contribution in [3.63, 3.8) is 0 Å². The highest BCUT2D eigenvalue weighted by atomic mass is 35.5. The van der Waals surface area contributed by atoms with E-state index in [4.69, 9.17) is 16.3 Å². The normalized spacial score (nSPS) is 11.1. The maximum Gasteiger partial charge on any atom is 0.264 e. The molecule has 174 valence electrons. The van der Waals surface area contributed by atoms with Crippen LogP contribution in [0.4, 0.5) is 10.1 Å². The highest BCUT2D eigenvalue weighted by molar-refractivity contribution is 7.92. The average molecular weight is 491 g/mol. The first-order valence-corrected chi connectivity index (χ1v) is 12.0. The molecule has 0 heterocycles. The Morgan fingerprint density at radius 1 is 1.00 bits per heavy atom. The van der Waals surface area contributed by atoms with Crippen LogP contribution in [-0.2, 0) is 21.2 Å². The zero-order chi connectivity index (χ0) is 23.8. The summed E-state index contributed by atoms with van der Waals surface area (Å²) in [6, 6.07) is 18.2. The van der Waals surface area contributed by atoms with Crippen molar-refractivity contribution in [1.29, 1.82) is 0 Å². The summed E-state index contributed by atoms with van der Waals surface area (Å²) in [5.41, 5.74) is 1.27. The molecule has 0 fully saturated rings. The van der Waals surface area contributed by atoms with Gasteiger partial charge >= 0.3 is 0 Å². The van der Waals surface area contributed by atoms with Gasteiger partial charge in [-0.15, -0.1) is 0 Å². The summed E-state index contributed by atoms with van der Waals surface area (Å²) in [5.74, 6) is -0.472. The lowest BCUT2D eigenvalue weighted by molar-refractivity contribution is -0.119. The van der Waals surface area contributed by atoms with E-state index in [9.17, 15) is 17.6 Å². The Morgan fingerprint density at radius 3 is 2.24 bits per heavy atom. The molecule has 0 saturated heterocycles. The lowest BCUT2D eigenvalue weighted by Gasteiger charge is -2.24. The van der Waals surface area contributed by atoms with Gasteiger partial charge in [0.15, 0.2) is 0 Å². The molecule has 0 aliphatic rings. The molecule has 3 rings (SSSR count). The largest absolute Gasteiger partial charge is 0.497 e. The summed E-state index contributed by atoms with van der Waals surface area (Å²) in [4.78, 5) is 12.6. The molecule has 0 bridgehead atoms. The third-order valence-corrected chi connectivity index (χ3v) is 6.97. The van der Waals surface area contributed by atoms with Crippen LogP contribution in [0.5, 0.6) is 5.75 Å². The number of halogens is 2. The molecule has 3 aromatic rings. The van der Waals surface area contributed by atoms with Crippen molar-refractivity contribution in [2.45, 2.75) is 17.7 Å². The maximum atomic E-state index is 13.4. The fourth-order valence-electron chi connectivity index (χ4n) is 3.16. The third kappa shape index (κ3) is 6.69. The monoisotopic (exact) mass is 490 g/mol. The summed E-state index contributed by atoms with van der Waals surface area (Å²) in [6.45, 7) is -0.0672. The van der Waals surface area contributed by atoms with Crippen LogP contribution in [0.1, 0.15) is 12.0 Å². The molecular formula is C24H24ClFN2O4S. The number of rotatable bonds is 10. The Labute approximate surface area is 198 Å². The van der Waals surface area contributed by atoms with Gasteiger partial charge in [0.25, 0.3) is 10.0 Å². The smallest absolute Gasteiger partial charge is 0.264 e. The average Bonchev–Trinajstić information content (AvgIpc) is 2.82. The van der Waals surface area contributed by atoms with Crippen molar-refractivity contribution < 1.29 is 22.3 Å². The van der Waals surface area contributed by atoms with Crippen molar-refractivity contribution in [3.05, 3.63) is 89.2 Å². The fourth-order valence-corrected chi connectivity index (χ4v) is 4.70. The zero-order valence-electron chi connectivity index (χ0n) is 18.0. The van der Waals surface area contributed by atoms with E-state index in [1.165, 1.54) is 43.5 Å². The van der Waals surface area contributed by atoms with Crippen LogP contribution in [-0.4, -0.2) is 34.5 Å². The number of ether oxygens (including phenoxy) is 1. The fraction of sp³-hybridized carbons (Fsp3) is 0.208.